The molecule has 1 nitrogen and oxygen atoms in total. The van der Waals surface area contributed by atoms with Crippen LogP contribution in [-0.2, 0) is 4.74 Å². The smallest absolute Gasteiger partial charge is 0.0524 e. The molecule has 0 aliphatic heterocycles. The van der Waals surface area contributed by atoms with Gasteiger partial charge in [-0.05, 0) is 17.6 Å². The van der Waals surface area contributed by atoms with Crippen molar-refractivity contribution in [2.45, 2.75) is 27.2 Å². The van der Waals surface area contributed by atoms with Crippen LogP contribution in [0.3, 0.4) is 0 Å². The largest absolute Gasteiger partial charge is 0.381 e. The Morgan fingerprint density at radius 1 is 1.40 bits per heavy atom. The van der Waals surface area contributed by atoms with Gasteiger partial charge < -0.3 is 4.74 Å². The van der Waals surface area contributed by atoms with Crippen LogP contribution in [0, 0.1) is 5.41 Å². The van der Waals surface area contributed by atoms with Crippen LogP contribution in [0.15, 0.2) is 0 Å². The molecule has 0 spiro atoms. The highest BCUT2D eigenvalue weighted by molar-refractivity contribution is 7.80. The van der Waals surface area contributed by atoms with Gasteiger partial charge in [0.05, 0.1) is 6.61 Å². The van der Waals surface area contributed by atoms with Crippen molar-refractivity contribution in [2.24, 2.45) is 5.41 Å². The van der Waals surface area contributed by atoms with Gasteiger partial charge in [0, 0.05) is 6.61 Å². The number of ether oxygens (including phenoxy) is 1. The van der Waals surface area contributed by atoms with Gasteiger partial charge in [0.2, 0.25) is 0 Å². The molecule has 0 aromatic rings. The van der Waals surface area contributed by atoms with Crippen LogP contribution in [0.2, 0.25) is 0 Å². The molecule has 2 heteroatoms. The molecular formula is C8H18OS. The molecule has 10 heavy (non-hydrogen) atoms. The van der Waals surface area contributed by atoms with Gasteiger partial charge in [0.15, 0.2) is 0 Å². The fraction of sp³-hybridized carbons (Fsp3) is 1.00. The molecule has 0 fully saturated rings. The van der Waals surface area contributed by atoms with E-state index in [4.69, 9.17) is 4.74 Å². The monoisotopic (exact) mass is 162 g/mol. The molecule has 0 atom stereocenters. The molecule has 0 N–H and O–H groups in total. The third kappa shape index (κ3) is 5.12. The molecule has 0 aromatic heterocycles. The minimum Gasteiger partial charge on any atom is -0.381 e. The summed E-state index contributed by atoms with van der Waals surface area (Å²) in [5.74, 6) is 0.886. The lowest BCUT2D eigenvalue weighted by molar-refractivity contribution is 0.0741. The Hall–Kier alpha value is 0.310. The summed E-state index contributed by atoms with van der Waals surface area (Å²) >= 11 is 4.22. The Morgan fingerprint density at radius 2 is 2.00 bits per heavy atom. The highest BCUT2D eigenvalue weighted by Crippen LogP contribution is 2.16. The summed E-state index contributed by atoms with van der Waals surface area (Å²) in [5, 5.41) is 0. The number of thiol groups is 1. The van der Waals surface area contributed by atoms with Crippen LogP contribution in [-0.4, -0.2) is 19.0 Å². The third-order valence-electron chi connectivity index (χ3n) is 1.27. The molecule has 0 amide bonds. The Morgan fingerprint density at radius 3 is 2.40 bits per heavy atom. The van der Waals surface area contributed by atoms with Crippen molar-refractivity contribution in [2.75, 3.05) is 19.0 Å². The van der Waals surface area contributed by atoms with E-state index >= 15 is 0 Å². The number of hydrogen-bond acceptors (Lipinski definition) is 2. The molecular weight excluding hydrogens is 144 g/mol. The zero-order valence-corrected chi connectivity index (χ0v) is 8.08. The lowest BCUT2D eigenvalue weighted by atomic mass is 9.98. The predicted octanol–water partition coefficient (Wildman–Crippen LogP) is 2.37. The average molecular weight is 162 g/mol. The number of rotatable bonds is 5. The molecule has 0 saturated carbocycles. The van der Waals surface area contributed by atoms with Crippen molar-refractivity contribution in [1.29, 1.82) is 0 Å². The second-order valence-electron chi connectivity index (χ2n) is 3.37. The van der Waals surface area contributed by atoms with Crippen molar-refractivity contribution in [3.63, 3.8) is 0 Å². The molecule has 0 aromatic carbocycles. The first-order valence-electron chi connectivity index (χ1n) is 3.81. The van der Waals surface area contributed by atoms with Gasteiger partial charge in [0.25, 0.3) is 0 Å². The van der Waals surface area contributed by atoms with Gasteiger partial charge in [0.1, 0.15) is 0 Å². The third-order valence-corrected chi connectivity index (χ3v) is 2.13. The lowest BCUT2D eigenvalue weighted by Crippen LogP contribution is -2.21. The average Bonchev–Trinajstić information content (AvgIpc) is 1.89. The van der Waals surface area contributed by atoms with Crippen molar-refractivity contribution < 1.29 is 4.74 Å². The number of hydrogen-bond donors (Lipinski definition) is 1. The molecule has 0 heterocycles. The SMILES string of the molecule is CCCOCC(C)(C)CS. The topological polar surface area (TPSA) is 9.23 Å². The van der Waals surface area contributed by atoms with E-state index < -0.39 is 0 Å². The molecule has 0 unspecified atom stereocenters. The molecule has 0 aliphatic carbocycles. The molecule has 0 aliphatic rings. The summed E-state index contributed by atoms with van der Waals surface area (Å²) in [5.41, 5.74) is 0.234. The summed E-state index contributed by atoms with van der Waals surface area (Å²) < 4.78 is 5.39. The standard InChI is InChI=1S/C8H18OS/c1-4-5-9-6-8(2,3)7-10/h10H,4-7H2,1-3H3. The molecule has 0 bridgehead atoms. The Bertz CT molecular complexity index is 81.3. The maximum atomic E-state index is 5.39. The first kappa shape index (κ1) is 10.3. The summed E-state index contributed by atoms with van der Waals surface area (Å²) in [6.45, 7) is 8.14. The zero-order chi connectivity index (χ0) is 8.04. The van der Waals surface area contributed by atoms with Crippen molar-refractivity contribution in [3.05, 3.63) is 0 Å². The molecule has 0 rings (SSSR count). The van der Waals surface area contributed by atoms with Crippen molar-refractivity contribution in [1.82, 2.24) is 0 Å². The zero-order valence-electron chi connectivity index (χ0n) is 7.18. The first-order valence-corrected chi connectivity index (χ1v) is 4.44. The molecule has 62 valence electrons. The Labute approximate surface area is 69.6 Å². The van der Waals surface area contributed by atoms with Gasteiger partial charge in [-0.25, -0.2) is 0 Å². The predicted molar refractivity (Wildman–Crippen MR) is 48.7 cm³/mol. The van der Waals surface area contributed by atoms with Gasteiger partial charge in [-0.1, -0.05) is 20.8 Å². The summed E-state index contributed by atoms with van der Waals surface area (Å²) in [6, 6.07) is 0. The minimum absolute atomic E-state index is 0.234. The summed E-state index contributed by atoms with van der Waals surface area (Å²) in [7, 11) is 0. The minimum atomic E-state index is 0.234. The van der Waals surface area contributed by atoms with Gasteiger partial charge in [-0.15, -0.1) is 0 Å². The maximum Gasteiger partial charge on any atom is 0.0524 e. The van der Waals surface area contributed by atoms with Crippen LogP contribution < -0.4 is 0 Å². The van der Waals surface area contributed by atoms with E-state index in [1.165, 1.54) is 0 Å². The van der Waals surface area contributed by atoms with Crippen LogP contribution >= 0.6 is 12.6 Å². The highest BCUT2D eigenvalue weighted by Gasteiger charge is 2.14. The van der Waals surface area contributed by atoms with Crippen LogP contribution in [0.4, 0.5) is 0 Å². The normalized spacial score (nSPS) is 12.0. The van der Waals surface area contributed by atoms with Crippen molar-refractivity contribution >= 4 is 12.6 Å². The van der Waals surface area contributed by atoms with Crippen molar-refractivity contribution in [3.8, 4) is 0 Å². The van der Waals surface area contributed by atoms with Crippen LogP contribution in [0.1, 0.15) is 27.2 Å². The van der Waals surface area contributed by atoms with E-state index in [9.17, 15) is 0 Å². The lowest BCUT2D eigenvalue weighted by Gasteiger charge is -2.21. The maximum absolute atomic E-state index is 5.39. The fourth-order valence-corrected chi connectivity index (χ4v) is 0.630. The highest BCUT2D eigenvalue weighted by atomic mass is 32.1. The molecule has 0 radical (unpaired) electrons. The second-order valence-corrected chi connectivity index (χ2v) is 3.69. The van der Waals surface area contributed by atoms with Gasteiger partial charge in [-0.2, -0.15) is 12.6 Å². The van der Waals surface area contributed by atoms with E-state index in [-0.39, 0.29) is 5.41 Å². The van der Waals surface area contributed by atoms with Crippen LogP contribution in [0.5, 0.6) is 0 Å². The van der Waals surface area contributed by atoms with Gasteiger partial charge in [-0.3, -0.25) is 0 Å². The summed E-state index contributed by atoms with van der Waals surface area (Å²) in [6.07, 6.45) is 1.10. The Kier molecular flexibility index (Phi) is 5.18. The van der Waals surface area contributed by atoms with E-state index in [1.807, 2.05) is 0 Å². The van der Waals surface area contributed by atoms with Gasteiger partial charge >= 0.3 is 0 Å². The first-order chi connectivity index (χ1) is 4.62. The van der Waals surface area contributed by atoms with E-state index in [0.717, 1.165) is 25.4 Å². The van der Waals surface area contributed by atoms with E-state index in [0.29, 0.717) is 0 Å². The quantitative estimate of drug-likeness (QED) is 0.482. The fourth-order valence-electron chi connectivity index (χ4n) is 0.538. The van der Waals surface area contributed by atoms with Crippen LogP contribution in [0.25, 0.3) is 0 Å². The second kappa shape index (κ2) is 5.03. The Balaban J connectivity index is 3.28. The van der Waals surface area contributed by atoms with E-state index in [2.05, 4.69) is 33.4 Å². The summed E-state index contributed by atoms with van der Waals surface area (Å²) in [4.78, 5) is 0. The van der Waals surface area contributed by atoms with E-state index in [1.54, 1.807) is 0 Å². The molecule has 0 saturated heterocycles.